The first-order valence-corrected chi connectivity index (χ1v) is 9.46. The van der Waals surface area contributed by atoms with Gasteiger partial charge in [-0.05, 0) is 49.7 Å². The lowest BCUT2D eigenvalue weighted by Crippen LogP contribution is -2.26. The van der Waals surface area contributed by atoms with Crippen molar-refractivity contribution < 1.29 is 14.3 Å². The molecule has 1 N–H and O–H groups in total. The molecule has 3 aromatic rings. The fourth-order valence-electron chi connectivity index (χ4n) is 2.91. The van der Waals surface area contributed by atoms with Crippen LogP contribution < -0.4 is 14.8 Å². The molecule has 3 aromatic carbocycles. The quantitative estimate of drug-likeness (QED) is 0.592. The highest BCUT2D eigenvalue weighted by molar-refractivity contribution is 5.94. The molecule has 0 fully saturated rings. The maximum Gasteiger partial charge on any atom is 0.251 e. The van der Waals surface area contributed by atoms with Gasteiger partial charge in [-0.3, -0.25) is 4.79 Å². The van der Waals surface area contributed by atoms with Crippen molar-refractivity contribution in [2.45, 2.75) is 26.5 Å². The van der Waals surface area contributed by atoms with Gasteiger partial charge in [0.05, 0.1) is 12.6 Å². The Balaban J connectivity index is 1.74. The zero-order chi connectivity index (χ0) is 19.8. The van der Waals surface area contributed by atoms with Crippen LogP contribution in [0, 0.1) is 0 Å². The third-order valence-corrected chi connectivity index (χ3v) is 4.41. The summed E-state index contributed by atoms with van der Waals surface area (Å²) in [6.07, 6.45) is 0. The van der Waals surface area contributed by atoms with E-state index in [9.17, 15) is 4.79 Å². The van der Waals surface area contributed by atoms with Gasteiger partial charge >= 0.3 is 0 Å². The maximum absolute atomic E-state index is 12.7. The van der Waals surface area contributed by atoms with E-state index < -0.39 is 0 Å². The van der Waals surface area contributed by atoms with E-state index in [1.807, 2.05) is 86.6 Å². The van der Waals surface area contributed by atoms with E-state index >= 15 is 0 Å². The van der Waals surface area contributed by atoms with Crippen LogP contribution in [0.5, 0.6) is 11.5 Å². The number of carbonyl (C=O) groups is 1. The minimum atomic E-state index is -0.125. The minimum absolute atomic E-state index is 0.0794. The average molecular weight is 375 g/mol. The van der Waals surface area contributed by atoms with Gasteiger partial charge in [0.2, 0.25) is 0 Å². The molecule has 1 atom stereocenters. The fourth-order valence-corrected chi connectivity index (χ4v) is 2.91. The maximum atomic E-state index is 12.7. The second kappa shape index (κ2) is 9.60. The zero-order valence-corrected chi connectivity index (χ0v) is 16.2. The van der Waals surface area contributed by atoms with Crippen LogP contribution in [-0.2, 0) is 6.61 Å². The van der Waals surface area contributed by atoms with E-state index in [1.165, 1.54) is 0 Å². The largest absolute Gasteiger partial charge is 0.493 e. The Morgan fingerprint density at radius 3 is 2.29 bits per heavy atom. The van der Waals surface area contributed by atoms with E-state index in [2.05, 4.69) is 5.32 Å². The molecule has 0 saturated heterocycles. The van der Waals surface area contributed by atoms with Crippen molar-refractivity contribution in [1.29, 1.82) is 0 Å². The topological polar surface area (TPSA) is 47.6 Å². The van der Waals surface area contributed by atoms with Crippen LogP contribution in [0.2, 0.25) is 0 Å². The van der Waals surface area contributed by atoms with Gasteiger partial charge in [0.25, 0.3) is 5.91 Å². The van der Waals surface area contributed by atoms with Crippen LogP contribution in [0.25, 0.3) is 0 Å². The van der Waals surface area contributed by atoms with E-state index in [-0.39, 0.29) is 11.9 Å². The lowest BCUT2D eigenvalue weighted by Gasteiger charge is -2.16. The molecule has 0 aromatic heterocycles. The summed E-state index contributed by atoms with van der Waals surface area (Å²) >= 11 is 0. The molecule has 0 radical (unpaired) electrons. The fraction of sp³-hybridized carbons (Fsp3) is 0.208. The first-order chi connectivity index (χ1) is 13.7. The lowest BCUT2D eigenvalue weighted by atomic mass is 10.1. The highest BCUT2D eigenvalue weighted by Gasteiger charge is 2.14. The molecule has 3 rings (SSSR count). The summed E-state index contributed by atoms with van der Waals surface area (Å²) in [6.45, 7) is 4.79. The number of carbonyl (C=O) groups excluding carboxylic acids is 1. The molecule has 0 aliphatic rings. The number of ether oxygens (including phenoxy) is 2. The SMILES string of the molecule is CCOc1ccc(C(=O)N[C@@H](C)c2ccccc2)cc1COc1ccccc1. The summed E-state index contributed by atoms with van der Waals surface area (Å²) in [5, 5.41) is 3.04. The molecule has 0 aliphatic carbocycles. The van der Waals surface area contributed by atoms with Gasteiger partial charge in [-0.1, -0.05) is 48.5 Å². The van der Waals surface area contributed by atoms with Crippen LogP contribution >= 0.6 is 0 Å². The normalized spacial score (nSPS) is 11.5. The molecular weight excluding hydrogens is 350 g/mol. The Bertz CT molecular complexity index is 894. The van der Waals surface area contributed by atoms with Gasteiger partial charge in [-0.2, -0.15) is 0 Å². The van der Waals surface area contributed by atoms with Gasteiger partial charge in [-0.25, -0.2) is 0 Å². The molecule has 0 saturated carbocycles. The number of nitrogens with one attached hydrogen (secondary N) is 1. The standard InChI is InChI=1S/C24H25NO3/c1-3-27-23-15-14-20(16-21(23)17-28-22-12-8-5-9-13-22)24(26)25-18(2)19-10-6-4-7-11-19/h4-16,18H,3,17H2,1-2H3,(H,25,26)/t18-/m0/s1. The number of rotatable bonds is 8. The first-order valence-electron chi connectivity index (χ1n) is 9.46. The van der Waals surface area contributed by atoms with Gasteiger partial charge in [0.1, 0.15) is 18.1 Å². The van der Waals surface area contributed by atoms with Crippen molar-refractivity contribution in [3.8, 4) is 11.5 Å². The highest BCUT2D eigenvalue weighted by atomic mass is 16.5. The molecule has 0 heterocycles. The van der Waals surface area contributed by atoms with Crippen LogP contribution in [-0.4, -0.2) is 12.5 Å². The second-order valence-corrected chi connectivity index (χ2v) is 6.46. The molecule has 4 nitrogen and oxygen atoms in total. The molecular formula is C24H25NO3. The first kappa shape index (κ1) is 19.5. The second-order valence-electron chi connectivity index (χ2n) is 6.46. The van der Waals surface area contributed by atoms with Crippen molar-refractivity contribution in [3.05, 3.63) is 95.6 Å². The molecule has 1 amide bonds. The Labute approximate surface area is 166 Å². The van der Waals surface area contributed by atoms with Crippen molar-refractivity contribution in [2.24, 2.45) is 0 Å². The molecule has 4 heteroatoms. The number of hydrogen-bond acceptors (Lipinski definition) is 3. The van der Waals surface area contributed by atoms with Gasteiger partial charge in [0, 0.05) is 11.1 Å². The Morgan fingerprint density at radius 2 is 1.61 bits per heavy atom. The number of benzene rings is 3. The van der Waals surface area contributed by atoms with E-state index in [1.54, 1.807) is 6.07 Å². The predicted octanol–water partition coefficient (Wildman–Crippen LogP) is 5.16. The minimum Gasteiger partial charge on any atom is -0.493 e. The Hall–Kier alpha value is -3.27. The van der Waals surface area contributed by atoms with Gasteiger partial charge in [-0.15, -0.1) is 0 Å². The summed E-state index contributed by atoms with van der Waals surface area (Å²) in [7, 11) is 0. The predicted molar refractivity (Wildman–Crippen MR) is 111 cm³/mol. The molecule has 0 aliphatic heterocycles. The van der Waals surface area contributed by atoms with Crippen LogP contribution in [0.1, 0.15) is 41.4 Å². The third kappa shape index (κ3) is 5.13. The summed E-state index contributed by atoms with van der Waals surface area (Å²) in [5.74, 6) is 1.38. The molecule has 0 bridgehead atoms. The molecule has 144 valence electrons. The van der Waals surface area contributed by atoms with E-state index in [0.717, 1.165) is 22.6 Å². The lowest BCUT2D eigenvalue weighted by molar-refractivity contribution is 0.0939. The van der Waals surface area contributed by atoms with Gasteiger partial charge in [0.15, 0.2) is 0 Å². The molecule has 0 unspecified atom stereocenters. The zero-order valence-electron chi connectivity index (χ0n) is 16.2. The van der Waals surface area contributed by atoms with Crippen molar-refractivity contribution >= 4 is 5.91 Å². The number of amides is 1. The highest BCUT2D eigenvalue weighted by Crippen LogP contribution is 2.23. The van der Waals surface area contributed by atoms with Crippen LogP contribution in [0.3, 0.4) is 0 Å². The van der Waals surface area contributed by atoms with Crippen LogP contribution in [0.15, 0.2) is 78.9 Å². The summed E-state index contributed by atoms with van der Waals surface area (Å²) in [6, 6.07) is 24.9. The van der Waals surface area contributed by atoms with Gasteiger partial charge < -0.3 is 14.8 Å². The summed E-state index contributed by atoms with van der Waals surface area (Å²) in [5.41, 5.74) is 2.48. The third-order valence-electron chi connectivity index (χ3n) is 4.41. The summed E-state index contributed by atoms with van der Waals surface area (Å²) in [4.78, 5) is 12.7. The van der Waals surface area contributed by atoms with E-state index in [0.29, 0.717) is 18.8 Å². The van der Waals surface area contributed by atoms with Crippen molar-refractivity contribution in [2.75, 3.05) is 6.61 Å². The van der Waals surface area contributed by atoms with Crippen molar-refractivity contribution in [1.82, 2.24) is 5.32 Å². The monoisotopic (exact) mass is 375 g/mol. The Kier molecular flexibility index (Phi) is 6.68. The Morgan fingerprint density at radius 1 is 0.929 bits per heavy atom. The molecule has 28 heavy (non-hydrogen) atoms. The smallest absolute Gasteiger partial charge is 0.251 e. The van der Waals surface area contributed by atoms with Crippen LogP contribution in [0.4, 0.5) is 0 Å². The van der Waals surface area contributed by atoms with E-state index in [4.69, 9.17) is 9.47 Å². The van der Waals surface area contributed by atoms with Crippen molar-refractivity contribution in [3.63, 3.8) is 0 Å². The average Bonchev–Trinajstić information content (AvgIpc) is 2.74. The number of hydrogen-bond donors (Lipinski definition) is 1. The molecule has 0 spiro atoms. The number of para-hydroxylation sites is 1. The summed E-state index contributed by atoms with van der Waals surface area (Å²) < 4.78 is 11.6.